The Morgan fingerprint density at radius 2 is 1.85 bits per heavy atom. The Balaban J connectivity index is 1.75. The van der Waals surface area contributed by atoms with E-state index in [1.54, 1.807) is 18.2 Å². The van der Waals surface area contributed by atoms with Crippen molar-refractivity contribution < 1.29 is 23.5 Å². The lowest BCUT2D eigenvalue weighted by Gasteiger charge is -2.22. The molecule has 7 nitrogen and oxygen atoms in total. The fourth-order valence-electron chi connectivity index (χ4n) is 2.65. The van der Waals surface area contributed by atoms with Gasteiger partial charge in [-0.3, -0.25) is 9.59 Å². The van der Waals surface area contributed by atoms with Crippen LogP contribution in [-0.2, 0) is 4.79 Å². The number of anilines is 1. The van der Waals surface area contributed by atoms with Gasteiger partial charge in [-0.15, -0.1) is 0 Å². The van der Waals surface area contributed by atoms with Gasteiger partial charge in [0.05, 0.1) is 30.2 Å². The third-order valence-corrected chi connectivity index (χ3v) is 4.39. The maximum atomic E-state index is 12.8. The Labute approximate surface area is 162 Å². The zero-order chi connectivity index (χ0) is 19.4. The molecule has 0 bridgehead atoms. The molecule has 1 unspecified atom stereocenters. The van der Waals surface area contributed by atoms with Crippen molar-refractivity contribution >= 4 is 29.1 Å². The summed E-state index contributed by atoms with van der Waals surface area (Å²) in [6.45, 7) is 4.74. The van der Waals surface area contributed by atoms with E-state index in [1.807, 2.05) is 13.8 Å². The summed E-state index contributed by atoms with van der Waals surface area (Å²) in [6, 6.07) is 5.62. The molecule has 0 aliphatic carbocycles. The molecule has 1 aliphatic rings. The predicted molar refractivity (Wildman–Crippen MR) is 100 cm³/mol. The number of carbonyl (C=O) groups is 2. The molecule has 2 aromatic rings. The number of ether oxygens (including phenoxy) is 2. The van der Waals surface area contributed by atoms with Crippen molar-refractivity contribution in [3.8, 4) is 11.5 Å². The molecule has 1 aromatic heterocycles. The van der Waals surface area contributed by atoms with Crippen LogP contribution in [0.4, 0.5) is 5.69 Å². The van der Waals surface area contributed by atoms with Crippen molar-refractivity contribution in [2.75, 3.05) is 18.5 Å². The van der Waals surface area contributed by atoms with E-state index in [9.17, 15) is 9.59 Å². The van der Waals surface area contributed by atoms with Gasteiger partial charge in [0.1, 0.15) is 6.04 Å². The van der Waals surface area contributed by atoms with Crippen LogP contribution in [0, 0.1) is 5.92 Å². The summed E-state index contributed by atoms with van der Waals surface area (Å²) in [5.74, 6) is 0.208. The number of furan rings is 1. The minimum Gasteiger partial charge on any atom is -0.490 e. The molecule has 2 N–H and O–H groups in total. The number of fused-ring (bicyclic) bond motifs is 1. The van der Waals surface area contributed by atoms with Crippen LogP contribution >= 0.6 is 11.6 Å². The fraction of sp³-hybridized carbons (Fsp3) is 0.368. The minimum absolute atomic E-state index is 0.141. The van der Waals surface area contributed by atoms with Gasteiger partial charge < -0.3 is 24.5 Å². The van der Waals surface area contributed by atoms with E-state index < -0.39 is 11.9 Å². The second kappa shape index (κ2) is 8.35. The highest BCUT2D eigenvalue weighted by molar-refractivity contribution is 6.34. The summed E-state index contributed by atoms with van der Waals surface area (Å²) in [7, 11) is 0. The summed E-state index contributed by atoms with van der Waals surface area (Å²) < 4.78 is 16.3. The van der Waals surface area contributed by atoms with Gasteiger partial charge in [0.15, 0.2) is 17.3 Å². The van der Waals surface area contributed by atoms with E-state index in [1.165, 1.54) is 12.3 Å². The van der Waals surface area contributed by atoms with E-state index in [4.69, 9.17) is 25.5 Å². The molecule has 144 valence electrons. The van der Waals surface area contributed by atoms with E-state index in [-0.39, 0.29) is 17.6 Å². The van der Waals surface area contributed by atoms with Crippen LogP contribution in [0.1, 0.15) is 30.8 Å². The van der Waals surface area contributed by atoms with Crippen LogP contribution in [0.3, 0.4) is 0 Å². The molecule has 2 amide bonds. The molecule has 1 atom stereocenters. The topological polar surface area (TPSA) is 89.8 Å². The molecule has 0 saturated heterocycles. The van der Waals surface area contributed by atoms with Crippen LogP contribution in [0.2, 0.25) is 5.02 Å². The Morgan fingerprint density at radius 1 is 1.15 bits per heavy atom. The van der Waals surface area contributed by atoms with Gasteiger partial charge in [-0.1, -0.05) is 25.4 Å². The highest BCUT2D eigenvalue weighted by atomic mass is 35.5. The minimum atomic E-state index is -0.769. The Bertz CT molecular complexity index is 820. The fourth-order valence-corrected chi connectivity index (χ4v) is 2.85. The molecule has 0 spiro atoms. The van der Waals surface area contributed by atoms with Gasteiger partial charge in [-0.25, -0.2) is 0 Å². The van der Waals surface area contributed by atoms with E-state index >= 15 is 0 Å². The van der Waals surface area contributed by atoms with Crippen molar-refractivity contribution in [3.63, 3.8) is 0 Å². The number of hydrogen-bond acceptors (Lipinski definition) is 5. The average Bonchev–Trinajstić information content (AvgIpc) is 3.07. The highest BCUT2D eigenvalue weighted by Gasteiger charge is 2.26. The van der Waals surface area contributed by atoms with Crippen LogP contribution in [0.15, 0.2) is 34.9 Å². The lowest BCUT2D eigenvalue weighted by atomic mass is 10.0. The number of halogens is 1. The van der Waals surface area contributed by atoms with Gasteiger partial charge in [-0.2, -0.15) is 0 Å². The van der Waals surface area contributed by atoms with Crippen molar-refractivity contribution in [1.29, 1.82) is 0 Å². The van der Waals surface area contributed by atoms with Crippen LogP contribution < -0.4 is 20.1 Å². The molecule has 0 saturated carbocycles. The third-order valence-electron chi connectivity index (χ3n) is 4.08. The van der Waals surface area contributed by atoms with Crippen molar-refractivity contribution in [2.24, 2.45) is 5.92 Å². The largest absolute Gasteiger partial charge is 0.490 e. The Kier molecular flexibility index (Phi) is 5.91. The van der Waals surface area contributed by atoms with E-state index in [0.717, 1.165) is 6.42 Å². The number of hydrogen-bond donors (Lipinski definition) is 2. The SMILES string of the molecule is CC(C)C(NC(=O)c1ccco1)C(=O)Nc1cc2c(cc1Cl)OCCCO2. The molecular weight excluding hydrogens is 372 g/mol. The summed E-state index contributed by atoms with van der Waals surface area (Å²) in [5, 5.41) is 5.77. The highest BCUT2D eigenvalue weighted by Crippen LogP contribution is 2.37. The Hall–Kier alpha value is -2.67. The first-order chi connectivity index (χ1) is 13.0. The number of amides is 2. The lowest BCUT2D eigenvalue weighted by molar-refractivity contribution is -0.118. The maximum absolute atomic E-state index is 12.8. The number of benzene rings is 1. The molecule has 2 heterocycles. The quantitative estimate of drug-likeness (QED) is 0.812. The zero-order valence-electron chi connectivity index (χ0n) is 15.1. The van der Waals surface area contributed by atoms with E-state index in [2.05, 4.69) is 10.6 Å². The summed E-state index contributed by atoms with van der Waals surface area (Å²) in [5.41, 5.74) is 0.392. The van der Waals surface area contributed by atoms with Gasteiger partial charge >= 0.3 is 0 Å². The number of carbonyl (C=O) groups excluding carboxylic acids is 2. The molecule has 0 radical (unpaired) electrons. The van der Waals surface area contributed by atoms with Crippen LogP contribution in [-0.4, -0.2) is 31.1 Å². The van der Waals surface area contributed by atoms with Gasteiger partial charge in [-0.05, 0) is 18.1 Å². The first-order valence-corrected chi connectivity index (χ1v) is 9.08. The predicted octanol–water partition coefficient (Wildman–Crippen LogP) is 3.49. The van der Waals surface area contributed by atoms with Crippen molar-refractivity contribution in [3.05, 3.63) is 41.3 Å². The zero-order valence-corrected chi connectivity index (χ0v) is 15.8. The molecule has 27 heavy (non-hydrogen) atoms. The molecule has 0 fully saturated rings. The van der Waals surface area contributed by atoms with Gasteiger partial charge in [0.25, 0.3) is 5.91 Å². The first kappa shape index (κ1) is 19.1. The standard InChI is InChI=1S/C19H21ClN2O5/c1-11(2)17(22-18(23)14-5-3-6-25-14)19(24)21-13-10-16-15(9-12(13)20)26-7-4-8-27-16/h3,5-6,9-11,17H,4,7-8H2,1-2H3,(H,21,24)(H,22,23). The molecule has 8 heteroatoms. The monoisotopic (exact) mass is 392 g/mol. The van der Waals surface area contributed by atoms with Crippen LogP contribution in [0.25, 0.3) is 0 Å². The molecule has 1 aliphatic heterocycles. The molecule has 3 rings (SSSR count). The Morgan fingerprint density at radius 3 is 2.48 bits per heavy atom. The maximum Gasteiger partial charge on any atom is 0.287 e. The van der Waals surface area contributed by atoms with Crippen molar-refractivity contribution in [1.82, 2.24) is 5.32 Å². The lowest BCUT2D eigenvalue weighted by Crippen LogP contribution is -2.47. The van der Waals surface area contributed by atoms with Gasteiger partial charge in [0.2, 0.25) is 5.91 Å². The van der Waals surface area contributed by atoms with Crippen molar-refractivity contribution in [2.45, 2.75) is 26.3 Å². The summed E-state index contributed by atoms with van der Waals surface area (Å²) in [4.78, 5) is 25.0. The molecule has 1 aromatic carbocycles. The molecular formula is C19H21ClN2O5. The third kappa shape index (κ3) is 4.54. The second-order valence-electron chi connectivity index (χ2n) is 6.49. The summed E-state index contributed by atoms with van der Waals surface area (Å²) in [6.07, 6.45) is 2.17. The van der Waals surface area contributed by atoms with Gasteiger partial charge in [0, 0.05) is 18.6 Å². The normalized spacial score (nSPS) is 14.4. The summed E-state index contributed by atoms with van der Waals surface area (Å²) >= 11 is 6.28. The number of rotatable bonds is 5. The average molecular weight is 393 g/mol. The van der Waals surface area contributed by atoms with E-state index in [0.29, 0.717) is 35.4 Å². The second-order valence-corrected chi connectivity index (χ2v) is 6.90. The van der Waals surface area contributed by atoms with Crippen LogP contribution in [0.5, 0.6) is 11.5 Å². The number of nitrogens with one attached hydrogen (secondary N) is 2. The first-order valence-electron chi connectivity index (χ1n) is 8.70. The smallest absolute Gasteiger partial charge is 0.287 e.